The Morgan fingerprint density at radius 1 is 1.11 bits per heavy atom. The number of halogens is 1. The van der Waals surface area contributed by atoms with Gasteiger partial charge in [0.25, 0.3) is 0 Å². The number of aryl methyl sites for hydroxylation is 1. The van der Waals surface area contributed by atoms with Crippen molar-refractivity contribution in [2.24, 2.45) is 13.0 Å². The summed E-state index contributed by atoms with van der Waals surface area (Å²) in [4.78, 5) is 40.1. The number of rotatable bonds is 4. The zero-order valence-electron chi connectivity index (χ0n) is 22.6. The van der Waals surface area contributed by atoms with Crippen molar-refractivity contribution in [3.63, 3.8) is 0 Å². The number of benzene rings is 1. The fourth-order valence-corrected chi connectivity index (χ4v) is 5.79. The Morgan fingerprint density at radius 2 is 1.84 bits per heavy atom. The molecule has 0 radical (unpaired) electrons. The molecule has 1 aromatic heterocycles. The average Bonchev–Trinajstić information content (AvgIpc) is 3.17. The second-order valence-corrected chi connectivity index (χ2v) is 11.6. The number of esters is 1. The molecule has 10 heteroatoms. The summed E-state index contributed by atoms with van der Waals surface area (Å²) in [6, 6.07) is 3.13. The third kappa shape index (κ3) is 5.32. The number of urea groups is 1. The first-order valence-electron chi connectivity index (χ1n) is 13.4. The molecule has 9 nitrogen and oxygen atoms in total. The van der Waals surface area contributed by atoms with Crippen molar-refractivity contribution < 1.29 is 23.5 Å². The molecule has 5 rings (SSSR count). The zero-order chi connectivity index (χ0) is 27.2. The third-order valence-electron chi connectivity index (χ3n) is 7.77. The lowest BCUT2D eigenvalue weighted by Gasteiger charge is -2.38. The number of aromatic nitrogens is 2. The number of hydrogen-bond acceptors (Lipinski definition) is 6. The molecular weight excluding hydrogens is 489 g/mol. The fraction of sp³-hybridized carbons (Fsp3) is 0.571. The van der Waals surface area contributed by atoms with Gasteiger partial charge in [-0.1, -0.05) is 6.08 Å². The van der Waals surface area contributed by atoms with Crippen LogP contribution in [-0.2, 0) is 21.4 Å². The molecule has 3 amide bonds. The number of ether oxygens (including phenoxy) is 1. The van der Waals surface area contributed by atoms with Crippen LogP contribution in [0.25, 0.3) is 16.5 Å². The molecule has 0 atom stereocenters. The minimum absolute atomic E-state index is 0.0255. The number of carbonyl (C=O) groups excluding carboxylic acids is 3. The standard InChI is InChI=1S/C28H36FN5O4/c1-28(2,3)38-26(36)18-5-7-19(8-6-18)33-12-9-17(10-13-33)20-16-23-21(15-22(20)29)25(31-32(23)4)34-14-11-24(35)30-27(34)37/h9,15-16,18-19H,5-8,10-14H2,1-4H3,(H,30,35,37)/t18-,19-. The van der Waals surface area contributed by atoms with Crippen LogP contribution in [0.4, 0.5) is 15.0 Å². The lowest BCUT2D eigenvalue weighted by molar-refractivity contribution is -0.161. The van der Waals surface area contributed by atoms with Gasteiger partial charge in [0.1, 0.15) is 11.4 Å². The highest BCUT2D eigenvalue weighted by molar-refractivity contribution is 6.09. The van der Waals surface area contributed by atoms with E-state index >= 15 is 4.39 Å². The van der Waals surface area contributed by atoms with Crippen LogP contribution >= 0.6 is 0 Å². The van der Waals surface area contributed by atoms with Gasteiger partial charge in [-0.05, 0) is 70.6 Å². The Morgan fingerprint density at radius 3 is 2.47 bits per heavy atom. The number of imide groups is 1. The summed E-state index contributed by atoms with van der Waals surface area (Å²) in [5, 5.41) is 7.31. The van der Waals surface area contributed by atoms with Gasteiger partial charge in [-0.3, -0.25) is 29.4 Å². The molecule has 0 spiro atoms. The molecule has 0 bridgehead atoms. The van der Waals surface area contributed by atoms with Gasteiger partial charge in [-0.2, -0.15) is 5.10 Å². The van der Waals surface area contributed by atoms with E-state index in [2.05, 4.69) is 21.4 Å². The van der Waals surface area contributed by atoms with E-state index < -0.39 is 11.6 Å². The number of nitrogens with zero attached hydrogens (tertiary/aromatic N) is 4. The van der Waals surface area contributed by atoms with E-state index in [0.29, 0.717) is 22.8 Å². The largest absolute Gasteiger partial charge is 0.460 e. The van der Waals surface area contributed by atoms with E-state index in [1.165, 1.54) is 11.0 Å². The number of carbonyl (C=O) groups is 3. The van der Waals surface area contributed by atoms with Gasteiger partial charge >= 0.3 is 12.0 Å². The monoisotopic (exact) mass is 525 g/mol. The Hall–Kier alpha value is -3.27. The second kappa shape index (κ2) is 10.1. The van der Waals surface area contributed by atoms with Crippen LogP contribution in [0.1, 0.15) is 64.9 Å². The topological polar surface area (TPSA) is 96.8 Å². The number of nitrogens with one attached hydrogen (secondary N) is 1. The van der Waals surface area contributed by atoms with Gasteiger partial charge in [0.2, 0.25) is 5.91 Å². The smallest absolute Gasteiger partial charge is 0.329 e. The summed E-state index contributed by atoms with van der Waals surface area (Å²) < 4.78 is 22.6. The van der Waals surface area contributed by atoms with E-state index in [-0.39, 0.29) is 36.6 Å². The molecule has 2 fully saturated rings. The van der Waals surface area contributed by atoms with Crippen LogP contribution < -0.4 is 10.2 Å². The predicted octanol–water partition coefficient (Wildman–Crippen LogP) is 4.15. The molecule has 204 valence electrons. The molecule has 0 unspecified atom stereocenters. The molecule has 38 heavy (non-hydrogen) atoms. The highest BCUT2D eigenvalue weighted by Gasteiger charge is 2.33. The maximum atomic E-state index is 15.4. The molecule has 3 aliphatic rings. The van der Waals surface area contributed by atoms with E-state index in [1.807, 2.05) is 26.8 Å². The minimum Gasteiger partial charge on any atom is -0.460 e. The predicted molar refractivity (Wildman–Crippen MR) is 142 cm³/mol. The summed E-state index contributed by atoms with van der Waals surface area (Å²) in [7, 11) is 1.77. The molecule has 1 N–H and O–H groups in total. The Bertz CT molecular complexity index is 1300. The minimum atomic E-state index is -0.541. The lowest BCUT2D eigenvalue weighted by atomic mass is 9.84. The Kier molecular flexibility index (Phi) is 7.02. The Balaban J connectivity index is 1.27. The molecule has 1 saturated heterocycles. The normalized spacial score (nSPS) is 23.4. The van der Waals surface area contributed by atoms with Crippen molar-refractivity contribution in [3.05, 3.63) is 29.6 Å². The van der Waals surface area contributed by atoms with Crippen molar-refractivity contribution in [2.45, 2.75) is 70.9 Å². The van der Waals surface area contributed by atoms with Gasteiger partial charge in [-0.25, -0.2) is 9.18 Å². The SMILES string of the molecule is Cn1nc(N2CCC(=O)NC2=O)c2cc(F)c(C3=CCN([C@H]4CC[C@H](C(=O)OC(C)(C)C)CC4)CC3)cc21. The number of fused-ring (bicyclic) bond motifs is 1. The highest BCUT2D eigenvalue weighted by Crippen LogP contribution is 2.35. The van der Waals surface area contributed by atoms with Crippen molar-refractivity contribution >= 4 is 40.2 Å². The maximum absolute atomic E-state index is 15.4. The van der Waals surface area contributed by atoms with Gasteiger partial charge in [-0.15, -0.1) is 0 Å². The lowest BCUT2D eigenvalue weighted by Crippen LogP contribution is -2.49. The van der Waals surface area contributed by atoms with Crippen molar-refractivity contribution in [2.75, 3.05) is 24.5 Å². The molecule has 3 heterocycles. The molecule has 2 aliphatic heterocycles. The first kappa shape index (κ1) is 26.3. The van der Waals surface area contributed by atoms with Gasteiger partial charge in [0, 0.05) is 50.1 Å². The number of anilines is 1. The summed E-state index contributed by atoms with van der Waals surface area (Å²) in [6.07, 6.45) is 6.61. The van der Waals surface area contributed by atoms with Crippen LogP contribution in [0.5, 0.6) is 0 Å². The summed E-state index contributed by atoms with van der Waals surface area (Å²) in [5.74, 6) is -0.436. The second-order valence-electron chi connectivity index (χ2n) is 11.6. The first-order valence-corrected chi connectivity index (χ1v) is 13.4. The van der Waals surface area contributed by atoms with E-state index in [9.17, 15) is 14.4 Å². The molecule has 2 aromatic rings. The van der Waals surface area contributed by atoms with E-state index in [4.69, 9.17) is 4.74 Å². The van der Waals surface area contributed by atoms with Crippen LogP contribution in [0.3, 0.4) is 0 Å². The molecule has 1 aromatic carbocycles. The highest BCUT2D eigenvalue weighted by atomic mass is 19.1. The van der Waals surface area contributed by atoms with E-state index in [0.717, 1.165) is 56.3 Å². The van der Waals surface area contributed by atoms with Gasteiger partial charge in [0.05, 0.1) is 11.4 Å². The maximum Gasteiger partial charge on any atom is 0.329 e. The molecule has 1 aliphatic carbocycles. The summed E-state index contributed by atoms with van der Waals surface area (Å²) in [5.41, 5.74) is 1.79. The average molecular weight is 526 g/mol. The van der Waals surface area contributed by atoms with Crippen LogP contribution in [0.15, 0.2) is 18.2 Å². The Labute approximate surface area is 222 Å². The molecular formula is C28H36FN5O4. The van der Waals surface area contributed by atoms with Crippen LogP contribution in [0, 0.1) is 11.7 Å². The summed E-state index contributed by atoms with van der Waals surface area (Å²) >= 11 is 0. The summed E-state index contributed by atoms with van der Waals surface area (Å²) in [6.45, 7) is 7.49. The van der Waals surface area contributed by atoms with Gasteiger partial charge < -0.3 is 4.74 Å². The number of amides is 3. The van der Waals surface area contributed by atoms with E-state index in [1.54, 1.807) is 11.7 Å². The molecule has 1 saturated carbocycles. The quantitative estimate of drug-likeness (QED) is 0.603. The van der Waals surface area contributed by atoms with Crippen molar-refractivity contribution in [3.8, 4) is 0 Å². The van der Waals surface area contributed by atoms with Gasteiger partial charge in [0.15, 0.2) is 5.82 Å². The first-order chi connectivity index (χ1) is 18.0. The fourth-order valence-electron chi connectivity index (χ4n) is 5.79. The number of hydrogen-bond donors (Lipinski definition) is 1. The van der Waals surface area contributed by atoms with Crippen molar-refractivity contribution in [1.82, 2.24) is 20.0 Å². The zero-order valence-corrected chi connectivity index (χ0v) is 22.6. The third-order valence-corrected chi connectivity index (χ3v) is 7.77. The van der Waals surface area contributed by atoms with Crippen LogP contribution in [-0.4, -0.2) is 63.9 Å². The van der Waals surface area contributed by atoms with Crippen LogP contribution in [0.2, 0.25) is 0 Å². The van der Waals surface area contributed by atoms with Crippen molar-refractivity contribution in [1.29, 1.82) is 0 Å².